The van der Waals surface area contributed by atoms with E-state index in [0.29, 0.717) is 17.0 Å². The van der Waals surface area contributed by atoms with E-state index < -0.39 is 0 Å². The average molecular weight is 404 g/mol. The van der Waals surface area contributed by atoms with E-state index in [4.69, 9.17) is 10.00 Å². The van der Waals surface area contributed by atoms with Crippen LogP contribution in [-0.4, -0.2) is 55.1 Å². The van der Waals surface area contributed by atoms with Crippen LogP contribution in [0.5, 0.6) is 0 Å². The molecule has 5 heteroatoms. The van der Waals surface area contributed by atoms with Crippen molar-refractivity contribution in [1.29, 1.82) is 5.26 Å². The predicted octanol–water partition coefficient (Wildman–Crippen LogP) is 3.49. The third-order valence-corrected chi connectivity index (χ3v) is 6.22. The molecule has 5 nitrogen and oxygen atoms in total. The molecule has 0 N–H and O–H groups in total. The highest BCUT2D eigenvalue weighted by Crippen LogP contribution is 2.23. The van der Waals surface area contributed by atoms with Gasteiger partial charge >= 0.3 is 0 Å². The second-order valence-electron chi connectivity index (χ2n) is 8.33. The van der Waals surface area contributed by atoms with Gasteiger partial charge in [-0.15, -0.1) is 0 Å². The number of ether oxygens (including phenoxy) is 1. The van der Waals surface area contributed by atoms with Gasteiger partial charge in [0.2, 0.25) is 0 Å². The maximum absolute atomic E-state index is 12.7. The van der Waals surface area contributed by atoms with Gasteiger partial charge in [0.05, 0.1) is 24.8 Å². The molecular weight excluding hydrogens is 374 g/mol. The van der Waals surface area contributed by atoms with E-state index in [1.54, 1.807) is 24.3 Å². The Labute approximate surface area is 178 Å². The van der Waals surface area contributed by atoms with Crippen LogP contribution in [0.15, 0.2) is 48.5 Å². The predicted molar refractivity (Wildman–Crippen MR) is 116 cm³/mol. The molecule has 0 bridgehead atoms. The van der Waals surface area contributed by atoms with Crippen molar-refractivity contribution < 1.29 is 9.53 Å². The van der Waals surface area contributed by atoms with Crippen LogP contribution in [0.25, 0.3) is 0 Å². The van der Waals surface area contributed by atoms with Gasteiger partial charge in [-0.05, 0) is 60.6 Å². The van der Waals surface area contributed by atoms with Gasteiger partial charge in [-0.1, -0.05) is 24.3 Å². The number of carbonyl (C=O) groups excluding carboxylic acids is 1. The molecule has 0 atom stereocenters. The van der Waals surface area contributed by atoms with Crippen molar-refractivity contribution in [1.82, 2.24) is 9.80 Å². The normalized spacial score (nSPS) is 18.2. The molecule has 4 rings (SSSR count). The Morgan fingerprint density at radius 1 is 0.933 bits per heavy atom. The summed E-state index contributed by atoms with van der Waals surface area (Å²) in [7, 11) is 0. The number of hydrogen-bond donors (Lipinski definition) is 0. The van der Waals surface area contributed by atoms with Gasteiger partial charge in [0, 0.05) is 38.3 Å². The SMILES string of the molecule is N#Cc1ccc(C(=O)N2CCC(Cc3ccc(CN4CCOCC4)cc3)CC2)cc1. The van der Waals surface area contributed by atoms with Crippen LogP contribution in [0, 0.1) is 17.2 Å². The summed E-state index contributed by atoms with van der Waals surface area (Å²) >= 11 is 0. The van der Waals surface area contributed by atoms with Crippen LogP contribution >= 0.6 is 0 Å². The number of benzene rings is 2. The molecule has 0 spiro atoms. The Bertz CT molecular complexity index is 872. The summed E-state index contributed by atoms with van der Waals surface area (Å²) in [6.45, 7) is 6.31. The first-order valence-electron chi connectivity index (χ1n) is 10.9. The van der Waals surface area contributed by atoms with E-state index in [-0.39, 0.29) is 5.91 Å². The smallest absolute Gasteiger partial charge is 0.253 e. The number of rotatable bonds is 5. The van der Waals surface area contributed by atoms with Gasteiger partial charge in [0.15, 0.2) is 0 Å². The zero-order chi connectivity index (χ0) is 20.8. The molecule has 0 aliphatic carbocycles. The zero-order valence-electron chi connectivity index (χ0n) is 17.4. The average Bonchev–Trinajstić information content (AvgIpc) is 2.81. The van der Waals surface area contributed by atoms with Crippen molar-refractivity contribution in [3.05, 3.63) is 70.8 Å². The molecule has 2 fully saturated rings. The second-order valence-corrected chi connectivity index (χ2v) is 8.33. The van der Waals surface area contributed by atoms with Gasteiger partial charge in [-0.3, -0.25) is 9.69 Å². The topological polar surface area (TPSA) is 56.6 Å². The zero-order valence-corrected chi connectivity index (χ0v) is 17.4. The van der Waals surface area contributed by atoms with Crippen molar-refractivity contribution >= 4 is 5.91 Å². The minimum Gasteiger partial charge on any atom is -0.379 e. The summed E-state index contributed by atoms with van der Waals surface area (Å²) in [6, 6.07) is 18.1. The molecule has 0 saturated carbocycles. The van der Waals surface area contributed by atoms with Gasteiger partial charge < -0.3 is 9.64 Å². The lowest BCUT2D eigenvalue weighted by molar-refractivity contribution is 0.0342. The highest BCUT2D eigenvalue weighted by atomic mass is 16.5. The molecule has 0 radical (unpaired) electrons. The van der Waals surface area contributed by atoms with E-state index in [2.05, 4.69) is 35.2 Å². The Morgan fingerprint density at radius 3 is 2.20 bits per heavy atom. The summed E-state index contributed by atoms with van der Waals surface area (Å²) in [5, 5.41) is 8.90. The van der Waals surface area contributed by atoms with Crippen molar-refractivity contribution in [3.63, 3.8) is 0 Å². The minimum absolute atomic E-state index is 0.0744. The van der Waals surface area contributed by atoms with Crippen LogP contribution in [0.4, 0.5) is 0 Å². The number of hydrogen-bond acceptors (Lipinski definition) is 4. The third-order valence-electron chi connectivity index (χ3n) is 6.22. The molecule has 0 aromatic heterocycles. The Kier molecular flexibility index (Phi) is 6.78. The quantitative estimate of drug-likeness (QED) is 0.767. The lowest BCUT2D eigenvalue weighted by atomic mass is 9.89. The summed E-state index contributed by atoms with van der Waals surface area (Å²) in [6.07, 6.45) is 3.16. The molecule has 2 aromatic carbocycles. The fraction of sp³-hybridized carbons (Fsp3) is 0.440. The third kappa shape index (κ3) is 5.27. The number of nitriles is 1. The van der Waals surface area contributed by atoms with Crippen molar-refractivity contribution in [2.24, 2.45) is 5.92 Å². The Hall–Kier alpha value is -2.68. The fourth-order valence-electron chi connectivity index (χ4n) is 4.34. The molecule has 30 heavy (non-hydrogen) atoms. The lowest BCUT2D eigenvalue weighted by Crippen LogP contribution is -2.38. The summed E-state index contributed by atoms with van der Waals surface area (Å²) < 4.78 is 5.42. The molecule has 2 heterocycles. The van der Waals surface area contributed by atoms with Crippen LogP contribution in [0.3, 0.4) is 0 Å². The van der Waals surface area contributed by atoms with E-state index in [1.807, 2.05) is 4.90 Å². The molecule has 0 unspecified atom stereocenters. The maximum atomic E-state index is 12.7. The maximum Gasteiger partial charge on any atom is 0.253 e. The molecular formula is C25H29N3O2. The van der Waals surface area contributed by atoms with Crippen molar-refractivity contribution in [3.8, 4) is 6.07 Å². The number of carbonyl (C=O) groups is 1. The highest BCUT2D eigenvalue weighted by molar-refractivity contribution is 5.94. The summed E-state index contributed by atoms with van der Waals surface area (Å²) in [5.41, 5.74) is 4.01. The molecule has 1 amide bonds. The van der Waals surface area contributed by atoms with Crippen LogP contribution in [-0.2, 0) is 17.7 Å². The first-order valence-corrected chi connectivity index (χ1v) is 10.9. The van der Waals surface area contributed by atoms with Crippen LogP contribution in [0.1, 0.15) is 39.9 Å². The standard InChI is InChI=1S/C25H29N3O2/c26-18-22-5-7-24(8-6-22)25(29)28-11-9-21(10-12-28)17-20-1-3-23(4-2-20)19-27-13-15-30-16-14-27/h1-8,21H,9-17,19H2. The number of likely N-dealkylation sites (tertiary alicyclic amines) is 1. The van der Waals surface area contributed by atoms with E-state index in [0.717, 1.165) is 65.2 Å². The van der Waals surface area contributed by atoms with Gasteiger partial charge in [-0.2, -0.15) is 5.26 Å². The first-order chi connectivity index (χ1) is 14.7. The van der Waals surface area contributed by atoms with Gasteiger partial charge in [0.25, 0.3) is 5.91 Å². The molecule has 156 valence electrons. The van der Waals surface area contributed by atoms with Gasteiger partial charge in [0.1, 0.15) is 0 Å². The number of piperidine rings is 1. The molecule has 2 aliphatic rings. The Morgan fingerprint density at radius 2 is 1.57 bits per heavy atom. The molecule has 2 aliphatic heterocycles. The van der Waals surface area contributed by atoms with E-state index >= 15 is 0 Å². The molecule has 2 aromatic rings. The van der Waals surface area contributed by atoms with E-state index in [9.17, 15) is 4.79 Å². The fourth-order valence-corrected chi connectivity index (χ4v) is 4.34. The monoisotopic (exact) mass is 403 g/mol. The summed E-state index contributed by atoms with van der Waals surface area (Å²) in [5.74, 6) is 0.700. The second kappa shape index (κ2) is 9.88. The highest BCUT2D eigenvalue weighted by Gasteiger charge is 2.23. The first kappa shape index (κ1) is 20.6. The summed E-state index contributed by atoms with van der Waals surface area (Å²) in [4.78, 5) is 17.1. The van der Waals surface area contributed by atoms with Crippen LogP contribution < -0.4 is 0 Å². The largest absolute Gasteiger partial charge is 0.379 e. The van der Waals surface area contributed by atoms with Gasteiger partial charge in [-0.25, -0.2) is 0 Å². The van der Waals surface area contributed by atoms with Crippen LogP contribution in [0.2, 0.25) is 0 Å². The number of nitrogens with zero attached hydrogens (tertiary/aromatic N) is 3. The molecule has 2 saturated heterocycles. The number of morpholine rings is 1. The number of amides is 1. The minimum atomic E-state index is 0.0744. The lowest BCUT2D eigenvalue weighted by Gasteiger charge is -2.32. The van der Waals surface area contributed by atoms with Crippen molar-refractivity contribution in [2.75, 3.05) is 39.4 Å². The van der Waals surface area contributed by atoms with E-state index in [1.165, 1.54) is 11.1 Å². The Balaban J connectivity index is 1.25. The van der Waals surface area contributed by atoms with Crippen molar-refractivity contribution in [2.45, 2.75) is 25.8 Å².